The van der Waals surface area contributed by atoms with E-state index in [9.17, 15) is 9.59 Å². The van der Waals surface area contributed by atoms with E-state index < -0.39 is 0 Å². The highest BCUT2D eigenvalue weighted by molar-refractivity contribution is 5.82. The normalized spacial score (nSPS) is 24.2. The number of fused-ring (bicyclic) bond motifs is 1. The highest BCUT2D eigenvalue weighted by Crippen LogP contribution is 2.26. The topological polar surface area (TPSA) is 49.9 Å². The molecule has 4 rings (SSSR count). The quantitative estimate of drug-likeness (QED) is 0.826. The molecule has 2 amide bonds. The van der Waals surface area contributed by atoms with Crippen LogP contribution < -0.4 is 0 Å². The van der Waals surface area contributed by atoms with Gasteiger partial charge in [-0.15, -0.1) is 0 Å². The lowest BCUT2D eigenvalue weighted by molar-refractivity contribution is -0.146. The molecule has 2 fully saturated rings. The molecule has 25 heavy (non-hydrogen) atoms. The van der Waals surface area contributed by atoms with E-state index in [4.69, 9.17) is 4.74 Å². The van der Waals surface area contributed by atoms with Crippen LogP contribution in [0.2, 0.25) is 0 Å². The standard InChI is InChI=1S/C20H26N2O3/c23-19(22-12-7-15-4-1-2-5-17(15)14-22)16-8-10-21(11-9-16)20(24)18-6-3-13-25-18/h1-2,4-5,16,18H,3,6-14H2. The predicted molar refractivity (Wildman–Crippen MR) is 93.8 cm³/mol. The van der Waals surface area contributed by atoms with Crippen LogP contribution in [-0.2, 0) is 27.3 Å². The monoisotopic (exact) mass is 342 g/mol. The minimum Gasteiger partial charge on any atom is -0.368 e. The molecule has 0 aliphatic carbocycles. The number of carbonyl (C=O) groups excluding carboxylic acids is 2. The Labute approximate surface area is 148 Å². The fourth-order valence-electron chi connectivity index (χ4n) is 4.26. The summed E-state index contributed by atoms with van der Waals surface area (Å²) in [6.07, 6.45) is 4.06. The van der Waals surface area contributed by atoms with Crippen molar-refractivity contribution in [3.05, 3.63) is 35.4 Å². The molecule has 5 heteroatoms. The molecule has 1 aromatic rings. The molecule has 134 valence electrons. The third-order valence-corrected chi connectivity index (χ3v) is 5.80. The number of carbonyl (C=O) groups is 2. The predicted octanol–water partition coefficient (Wildman–Crippen LogP) is 1.99. The largest absolute Gasteiger partial charge is 0.368 e. The van der Waals surface area contributed by atoms with Gasteiger partial charge in [-0.25, -0.2) is 0 Å². The Morgan fingerprint density at radius 1 is 0.920 bits per heavy atom. The van der Waals surface area contributed by atoms with Gasteiger partial charge in [0.05, 0.1) is 0 Å². The Morgan fingerprint density at radius 2 is 1.68 bits per heavy atom. The van der Waals surface area contributed by atoms with Gasteiger partial charge in [-0.05, 0) is 43.2 Å². The second-order valence-corrected chi connectivity index (χ2v) is 7.38. The third-order valence-electron chi connectivity index (χ3n) is 5.80. The molecule has 0 bridgehead atoms. The maximum atomic E-state index is 12.9. The van der Waals surface area contributed by atoms with Crippen molar-refractivity contribution < 1.29 is 14.3 Å². The van der Waals surface area contributed by atoms with Gasteiger partial charge in [-0.3, -0.25) is 9.59 Å². The van der Waals surface area contributed by atoms with Crippen LogP contribution in [0.5, 0.6) is 0 Å². The summed E-state index contributed by atoms with van der Waals surface area (Å²) in [5.41, 5.74) is 2.64. The molecular formula is C20H26N2O3. The van der Waals surface area contributed by atoms with Crippen molar-refractivity contribution in [1.29, 1.82) is 0 Å². The number of piperidine rings is 1. The lowest BCUT2D eigenvalue weighted by Crippen LogP contribution is -2.47. The number of nitrogens with zero attached hydrogens (tertiary/aromatic N) is 2. The first-order valence-electron chi connectivity index (χ1n) is 9.48. The molecule has 3 aliphatic rings. The minimum absolute atomic E-state index is 0.0545. The molecule has 1 aromatic carbocycles. The van der Waals surface area contributed by atoms with Crippen molar-refractivity contribution in [3.8, 4) is 0 Å². The Balaban J connectivity index is 1.32. The van der Waals surface area contributed by atoms with E-state index in [1.165, 1.54) is 11.1 Å². The van der Waals surface area contributed by atoms with E-state index in [1.54, 1.807) is 0 Å². The molecule has 2 saturated heterocycles. The van der Waals surface area contributed by atoms with Gasteiger partial charge in [0.15, 0.2) is 0 Å². The average Bonchev–Trinajstić information content (AvgIpc) is 3.21. The summed E-state index contributed by atoms with van der Waals surface area (Å²) >= 11 is 0. The van der Waals surface area contributed by atoms with Crippen molar-refractivity contribution in [3.63, 3.8) is 0 Å². The van der Waals surface area contributed by atoms with Crippen molar-refractivity contribution in [1.82, 2.24) is 9.80 Å². The number of ether oxygens (including phenoxy) is 1. The number of rotatable bonds is 2. The second kappa shape index (κ2) is 7.16. The molecule has 3 aliphatic heterocycles. The van der Waals surface area contributed by atoms with E-state index in [0.29, 0.717) is 19.7 Å². The van der Waals surface area contributed by atoms with Gasteiger partial charge in [0, 0.05) is 38.7 Å². The van der Waals surface area contributed by atoms with Crippen LogP contribution in [0.3, 0.4) is 0 Å². The van der Waals surface area contributed by atoms with E-state index in [1.807, 2.05) is 15.9 Å². The lowest BCUT2D eigenvalue weighted by Gasteiger charge is -2.36. The molecule has 0 aromatic heterocycles. The Bertz CT molecular complexity index is 646. The summed E-state index contributed by atoms with van der Waals surface area (Å²) in [4.78, 5) is 29.2. The van der Waals surface area contributed by atoms with Gasteiger partial charge in [0.1, 0.15) is 6.10 Å². The smallest absolute Gasteiger partial charge is 0.251 e. The summed E-state index contributed by atoms with van der Waals surface area (Å²) in [6.45, 7) is 3.59. The first-order chi connectivity index (χ1) is 12.2. The van der Waals surface area contributed by atoms with Crippen LogP contribution in [0.25, 0.3) is 0 Å². The first-order valence-corrected chi connectivity index (χ1v) is 9.48. The Kier molecular flexibility index (Phi) is 4.75. The maximum absolute atomic E-state index is 12.9. The number of hydrogen-bond donors (Lipinski definition) is 0. The van der Waals surface area contributed by atoms with Crippen molar-refractivity contribution in [2.75, 3.05) is 26.2 Å². The fourth-order valence-corrected chi connectivity index (χ4v) is 4.26. The summed E-state index contributed by atoms with van der Waals surface area (Å²) in [5.74, 6) is 0.438. The van der Waals surface area contributed by atoms with Gasteiger partial charge in [-0.2, -0.15) is 0 Å². The van der Waals surface area contributed by atoms with Gasteiger partial charge in [-0.1, -0.05) is 24.3 Å². The van der Waals surface area contributed by atoms with Crippen molar-refractivity contribution >= 4 is 11.8 Å². The zero-order valence-electron chi connectivity index (χ0n) is 14.7. The van der Waals surface area contributed by atoms with Crippen LogP contribution in [0.15, 0.2) is 24.3 Å². The maximum Gasteiger partial charge on any atom is 0.251 e. The first kappa shape index (κ1) is 16.6. The van der Waals surface area contributed by atoms with E-state index >= 15 is 0 Å². The number of hydrogen-bond acceptors (Lipinski definition) is 3. The zero-order valence-corrected chi connectivity index (χ0v) is 14.7. The zero-order chi connectivity index (χ0) is 17.2. The molecular weight excluding hydrogens is 316 g/mol. The van der Waals surface area contributed by atoms with Crippen LogP contribution in [-0.4, -0.2) is 54.0 Å². The van der Waals surface area contributed by atoms with Gasteiger partial charge in [0.2, 0.25) is 5.91 Å². The Morgan fingerprint density at radius 3 is 2.40 bits per heavy atom. The number of amides is 2. The van der Waals surface area contributed by atoms with Crippen molar-refractivity contribution in [2.45, 2.75) is 44.8 Å². The number of benzene rings is 1. The van der Waals surface area contributed by atoms with Crippen LogP contribution in [0.1, 0.15) is 36.8 Å². The molecule has 0 N–H and O–H groups in total. The van der Waals surface area contributed by atoms with E-state index in [2.05, 4.69) is 18.2 Å². The van der Waals surface area contributed by atoms with Gasteiger partial charge < -0.3 is 14.5 Å². The third kappa shape index (κ3) is 3.43. The highest BCUT2D eigenvalue weighted by atomic mass is 16.5. The van der Waals surface area contributed by atoms with Gasteiger partial charge >= 0.3 is 0 Å². The highest BCUT2D eigenvalue weighted by Gasteiger charge is 2.34. The SMILES string of the molecule is O=C(C1CCN(C(=O)C2CCCO2)CC1)N1CCc2ccccc2C1. The molecule has 1 atom stereocenters. The molecule has 3 heterocycles. The van der Waals surface area contributed by atoms with E-state index in [-0.39, 0.29) is 23.8 Å². The van der Waals surface area contributed by atoms with Crippen molar-refractivity contribution in [2.24, 2.45) is 5.92 Å². The summed E-state index contributed by atoms with van der Waals surface area (Å²) in [6, 6.07) is 8.39. The number of likely N-dealkylation sites (tertiary alicyclic amines) is 1. The summed E-state index contributed by atoms with van der Waals surface area (Å²) < 4.78 is 5.50. The molecule has 0 saturated carbocycles. The fraction of sp³-hybridized carbons (Fsp3) is 0.600. The van der Waals surface area contributed by atoms with Gasteiger partial charge in [0.25, 0.3) is 5.91 Å². The molecule has 1 unspecified atom stereocenters. The van der Waals surface area contributed by atoms with Crippen LogP contribution in [0, 0.1) is 5.92 Å². The van der Waals surface area contributed by atoms with Crippen LogP contribution in [0.4, 0.5) is 0 Å². The lowest BCUT2D eigenvalue weighted by atomic mass is 9.92. The summed E-state index contributed by atoms with van der Waals surface area (Å²) in [7, 11) is 0. The molecule has 0 spiro atoms. The summed E-state index contributed by atoms with van der Waals surface area (Å²) in [5, 5.41) is 0. The van der Waals surface area contributed by atoms with Crippen LogP contribution >= 0.6 is 0 Å². The Hall–Kier alpha value is -1.88. The molecule has 0 radical (unpaired) electrons. The second-order valence-electron chi connectivity index (χ2n) is 7.38. The minimum atomic E-state index is -0.245. The average molecular weight is 342 g/mol. The molecule has 5 nitrogen and oxygen atoms in total. The van der Waals surface area contributed by atoms with E-state index in [0.717, 1.165) is 45.2 Å².